The van der Waals surface area contributed by atoms with Crippen molar-refractivity contribution < 1.29 is 14.4 Å². The molecular weight excluding hydrogens is 402 g/mol. The van der Waals surface area contributed by atoms with E-state index >= 15 is 0 Å². The molecule has 1 saturated carbocycles. The summed E-state index contributed by atoms with van der Waals surface area (Å²) in [6.07, 6.45) is 8.81. The van der Waals surface area contributed by atoms with Gasteiger partial charge in [0.15, 0.2) is 0 Å². The summed E-state index contributed by atoms with van der Waals surface area (Å²) >= 11 is 0. The Balaban J connectivity index is 1.59. The molecule has 2 heterocycles. The van der Waals surface area contributed by atoms with Gasteiger partial charge in [0.05, 0.1) is 16.8 Å². The molecule has 0 bridgehead atoms. The van der Waals surface area contributed by atoms with Gasteiger partial charge in [0, 0.05) is 23.9 Å². The number of nitrogens with one attached hydrogen (secondary N) is 1. The Morgan fingerprint density at radius 2 is 1.78 bits per heavy atom. The normalized spacial score (nSPS) is 15.0. The van der Waals surface area contributed by atoms with Crippen LogP contribution in [0.1, 0.15) is 82.2 Å². The lowest BCUT2D eigenvalue weighted by Gasteiger charge is -2.29. The first-order valence-corrected chi connectivity index (χ1v) is 11.3. The Kier molecular flexibility index (Phi) is 6.12. The van der Waals surface area contributed by atoms with Gasteiger partial charge in [0.2, 0.25) is 11.7 Å². The van der Waals surface area contributed by atoms with Crippen molar-refractivity contribution in [3.8, 4) is 0 Å². The lowest BCUT2D eigenvalue weighted by atomic mass is 9.81. The molecule has 2 amide bonds. The highest BCUT2D eigenvalue weighted by Gasteiger charge is 2.33. The average Bonchev–Trinajstić information content (AvgIpc) is 3.45. The van der Waals surface area contributed by atoms with E-state index in [-0.39, 0.29) is 22.7 Å². The predicted molar refractivity (Wildman–Crippen MR) is 124 cm³/mol. The molecule has 0 spiro atoms. The maximum absolute atomic E-state index is 13.1. The monoisotopic (exact) mass is 431 g/mol. The Labute approximate surface area is 187 Å². The maximum Gasteiger partial charge on any atom is 0.253 e. The van der Waals surface area contributed by atoms with E-state index in [4.69, 9.17) is 5.73 Å². The second kappa shape index (κ2) is 8.99. The highest BCUT2D eigenvalue weighted by atomic mass is 16.2. The quantitative estimate of drug-likeness (QED) is 0.519. The molecule has 0 unspecified atom stereocenters. The zero-order chi connectivity index (χ0) is 22.7. The number of benzene rings is 1. The van der Waals surface area contributed by atoms with Crippen LogP contribution in [0.2, 0.25) is 0 Å². The van der Waals surface area contributed by atoms with Crippen LogP contribution in [-0.4, -0.2) is 28.5 Å². The Bertz CT molecular complexity index is 1170. The van der Waals surface area contributed by atoms with Crippen LogP contribution >= 0.6 is 0 Å². The van der Waals surface area contributed by atoms with Crippen molar-refractivity contribution in [1.82, 2.24) is 9.72 Å². The molecule has 3 N–H and O–H groups in total. The number of nitrogens with two attached hydrogens (primary N) is 1. The second-order valence-corrected chi connectivity index (χ2v) is 8.81. The van der Waals surface area contributed by atoms with Crippen molar-refractivity contribution >= 4 is 23.1 Å². The van der Waals surface area contributed by atoms with E-state index in [0.717, 1.165) is 12.8 Å². The number of nitrogens with zero attached hydrogens (tertiary/aromatic N) is 1. The number of ketones is 1. The number of hydrogen-bond donors (Lipinski definition) is 2. The molecule has 1 fully saturated rings. The summed E-state index contributed by atoms with van der Waals surface area (Å²) in [5, 5.41) is 3.16. The highest BCUT2D eigenvalue weighted by molar-refractivity contribution is 6.10. The van der Waals surface area contributed by atoms with Gasteiger partial charge in [-0.3, -0.25) is 14.4 Å². The van der Waals surface area contributed by atoms with Gasteiger partial charge >= 0.3 is 0 Å². The van der Waals surface area contributed by atoms with Crippen molar-refractivity contribution in [2.75, 3.05) is 6.54 Å². The molecule has 2 aromatic heterocycles. The van der Waals surface area contributed by atoms with E-state index in [1.165, 1.54) is 31.7 Å². The summed E-state index contributed by atoms with van der Waals surface area (Å²) < 4.78 is 1.73. The fourth-order valence-corrected chi connectivity index (χ4v) is 5.01. The van der Waals surface area contributed by atoms with Gasteiger partial charge in [-0.25, -0.2) is 0 Å². The molecule has 0 saturated heterocycles. The lowest BCUT2D eigenvalue weighted by Crippen LogP contribution is -2.36. The second-order valence-electron chi connectivity index (χ2n) is 8.81. The van der Waals surface area contributed by atoms with Crippen LogP contribution in [0.4, 0.5) is 0 Å². The van der Waals surface area contributed by atoms with Gasteiger partial charge in [-0.15, -0.1) is 0 Å². The number of primary amides is 1. The number of amides is 2. The van der Waals surface area contributed by atoms with Crippen LogP contribution < -0.4 is 11.1 Å². The number of carbonyl (C=O) groups is 3. The molecule has 0 atom stereocenters. The number of aromatic nitrogens is 1. The van der Waals surface area contributed by atoms with Gasteiger partial charge < -0.3 is 15.5 Å². The van der Waals surface area contributed by atoms with Gasteiger partial charge in [-0.2, -0.15) is 0 Å². The third-order valence-electron chi connectivity index (χ3n) is 6.65. The van der Waals surface area contributed by atoms with Crippen molar-refractivity contribution in [3.05, 3.63) is 77.1 Å². The van der Waals surface area contributed by atoms with E-state index in [1.807, 2.05) is 0 Å². The van der Waals surface area contributed by atoms with Gasteiger partial charge in [0.1, 0.15) is 0 Å². The molecule has 0 radical (unpaired) electrons. The first kappa shape index (κ1) is 21.8. The number of carbonyl (C=O) groups excluding carboxylic acids is 3. The standard InChI is InChI=1S/C26H29N3O3/c1-2-12-26(13-3-4-14-26)17-28-25(32)20-9-6-15-29-21(20)10-11-22(29)23(30)18-7-5-8-19(16-18)24(27)31/h5-11,15-16H,2-4,12-14,17H2,1H3,(H2,27,31)(H,28,32). The number of rotatable bonds is 8. The van der Waals surface area contributed by atoms with Crippen LogP contribution in [0.3, 0.4) is 0 Å². The number of hydrogen-bond acceptors (Lipinski definition) is 3. The molecule has 166 valence electrons. The van der Waals surface area contributed by atoms with Gasteiger partial charge in [-0.1, -0.05) is 38.3 Å². The van der Waals surface area contributed by atoms with E-state index in [2.05, 4.69) is 12.2 Å². The summed E-state index contributed by atoms with van der Waals surface area (Å²) in [6, 6.07) is 13.4. The summed E-state index contributed by atoms with van der Waals surface area (Å²) in [5.74, 6) is -0.939. The van der Waals surface area contributed by atoms with Gasteiger partial charge in [0.25, 0.3) is 5.91 Å². The van der Waals surface area contributed by atoms with Crippen LogP contribution in [0.25, 0.3) is 5.52 Å². The fourth-order valence-electron chi connectivity index (χ4n) is 5.01. The first-order chi connectivity index (χ1) is 15.4. The van der Waals surface area contributed by atoms with Crippen LogP contribution in [-0.2, 0) is 0 Å². The van der Waals surface area contributed by atoms with E-state index in [9.17, 15) is 14.4 Å². The summed E-state index contributed by atoms with van der Waals surface area (Å²) in [6.45, 7) is 2.88. The SMILES string of the molecule is CCCC1(CNC(=O)c2cccn3c(C(=O)c4cccc(C(N)=O)c4)ccc23)CCCC1. The minimum atomic E-state index is -0.582. The smallest absolute Gasteiger partial charge is 0.253 e. The molecule has 4 rings (SSSR count). The number of pyridine rings is 1. The van der Waals surface area contributed by atoms with E-state index in [1.54, 1.807) is 53.1 Å². The van der Waals surface area contributed by atoms with Crippen molar-refractivity contribution in [2.45, 2.75) is 45.4 Å². The predicted octanol–water partition coefficient (Wildman–Crippen LogP) is 4.36. The Morgan fingerprint density at radius 1 is 1.03 bits per heavy atom. The third-order valence-corrected chi connectivity index (χ3v) is 6.65. The maximum atomic E-state index is 13.1. The van der Waals surface area contributed by atoms with E-state index in [0.29, 0.717) is 28.9 Å². The van der Waals surface area contributed by atoms with Crippen molar-refractivity contribution in [3.63, 3.8) is 0 Å². The summed E-state index contributed by atoms with van der Waals surface area (Å²) in [5.41, 5.74) is 7.86. The van der Waals surface area contributed by atoms with Crippen LogP contribution in [0, 0.1) is 5.41 Å². The topological polar surface area (TPSA) is 93.7 Å². The van der Waals surface area contributed by atoms with Crippen molar-refractivity contribution in [1.29, 1.82) is 0 Å². The number of fused-ring (bicyclic) bond motifs is 1. The molecule has 1 aliphatic rings. The summed E-state index contributed by atoms with van der Waals surface area (Å²) in [7, 11) is 0. The first-order valence-electron chi connectivity index (χ1n) is 11.3. The zero-order valence-electron chi connectivity index (χ0n) is 18.4. The molecule has 1 aromatic carbocycles. The molecule has 6 heteroatoms. The zero-order valence-corrected chi connectivity index (χ0v) is 18.4. The largest absolute Gasteiger partial charge is 0.366 e. The summed E-state index contributed by atoms with van der Waals surface area (Å²) in [4.78, 5) is 37.7. The molecule has 3 aromatic rings. The lowest BCUT2D eigenvalue weighted by molar-refractivity contribution is 0.0926. The molecule has 1 aliphatic carbocycles. The Hall–Kier alpha value is -3.41. The molecular formula is C26H29N3O3. The van der Waals surface area contributed by atoms with Gasteiger partial charge in [-0.05, 0) is 61.1 Å². The third kappa shape index (κ3) is 4.17. The minimum Gasteiger partial charge on any atom is -0.366 e. The minimum absolute atomic E-state index is 0.120. The molecule has 6 nitrogen and oxygen atoms in total. The fraction of sp³-hybridized carbons (Fsp3) is 0.346. The molecule has 32 heavy (non-hydrogen) atoms. The van der Waals surface area contributed by atoms with Crippen LogP contribution in [0.5, 0.6) is 0 Å². The highest BCUT2D eigenvalue weighted by Crippen LogP contribution is 2.41. The van der Waals surface area contributed by atoms with E-state index < -0.39 is 5.91 Å². The van der Waals surface area contributed by atoms with Crippen LogP contribution in [0.15, 0.2) is 54.7 Å². The molecule has 0 aliphatic heterocycles. The Morgan fingerprint density at radius 3 is 2.50 bits per heavy atom. The average molecular weight is 432 g/mol. The van der Waals surface area contributed by atoms with Crippen molar-refractivity contribution in [2.24, 2.45) is 11.1 Å².